The summed E-state index contributed by atoms with van der Waals surface area (Å²) in [6.45, 7) is 0. The molecule has 0 fully saturated rings. The quantitative estimate of drug-likeness (QED) is 0.555. The van der Waals surface area contributed by atoms with Gasteiger partial charge < -0.3 is 0 Å². The van der Waals surface area contributed by atoms with E-state index < -0.39 is 20.1 Å². The second-order valence-electron chi connectivity index (χ2n) is 1.95. The van der Waals surface area contributed by atoms with Crippen LogP contribution < -0.4 is 0 Å². The van der Waals surface area contributed by atoms with Gasteiger partial charge in [0.25, 0.3) is 0 Å². The number of aromatic nitrogens is 2. The van der Waals surface area contributed by atoms with Crippen molar-refractivity contribution < 1.29 is 0 Å². The topological polar surface area (TPSA) is 41.6 Å². The third-order valence-corrected chi connectivity index (χ3v) is 3.53. The van der Waals surface area contributed by atoms with E-state index in [-0.39, 0.29) is 0 Å². The van der Waals surface area contributed by atoms with Crippen LogP contribution in [-0.4, -0.2) is 17.9 Å². The van der Waals surface area contributed by atoms with E-state index in [1.807, 2.05) is 15.2 Å². The summed E-state index contributed by atoms with van der Waals surface area (Å²) in [5, 5.41) is 12.5. The number of rotatable bonds is 1. The average Bonchev–Trinajstić information content (AvgIpc) is 2.34. The fourth-order valence-electron chi connectivity index (χ4n) is 0.541. The van der Waals surface area contributed by atoms with Crippen LogP contribution in [0.1, 0.15) is 5.56 Å². The zero-order valence-electron chi connectivity index (χ0n) is 5.87. The molecule has 1 aromatic heterocycles. The van der Waals surface area contributed by atoms with E-state index >= 15 is 0 Å². The molecule has 0 amide bonds. The third kappa shape index (κ3) is 1.48. The molecule has 10 heavy (non-hydrogen) atoms. The number of hydrogen-bond acceptors (Lipinski definition) is 2. The summed E-state index contributed by atoms with van der Waals surface area (Å²) >= 11 is -1.02. The van der Waals surface area contributed by atoms with Gasteiger partial charge in [0.1, 0.15) is 0 Å². The molecule has 54 valence electrons. The maximum absolute atomic E-state index is 8.45. The molecule has 0 bridgehead atoms. The number of nitrogens with zero attached hydrogens (tertiary/aromatic N) is 3. The Morgan fingerprint density at radius 1 is 1.70 bits per heavy atom. The van der Waals surface area contributed by atoms with Crippen LogP contribution in [0.2, 0.25) is 0 Å². The Balaban J connectivity index is 2.91. The van der Waals surface area contributed by atoms with E-state index in [2.05, 4.69) is 15.0 Å². The van der Waals surface area contributed by atoms with Crippen molar-refractivity contribution in [2.75, 3.05) is 9.86 Å². The zero-order valence-corrected chi connectivity index (χ0v) is 8.03. The Morgan fingerprint density at radius 2 is 2.40 bits per heavy atom. The molecule has 0 spiro atoms. The van der Waals surface area contributed by atoms with Gasteiger partial charge in [0.05, 0.1) is 0 Å². The van der Waals surface area contributed by atoms with Gasteiger partial charge in [-0.3, -0.25) is 0 Å². The van der Waals surface area contributed by atoms with Crippen LogP contribution in [-0.2, 0) is 0 Å². The number of nitriles is 1. The van der Waals surface area contributed by atoms with E-state index in [4.69, 9.17) is 5.26 Å². The summed E-state index contributed by atoms with van der Waals surface area (Å²) in [6, 6.07) is 2.04. The molecule has 0 atom stereocenters. The van der Waals surface area contributed by atoms with Gasteiger partial charge in [-0.25, -0.2) is 0 Å². The Kier molecular flexibility index (Phi) is 2.27. The van der Waals surface area contributed by atoms with Crippen molar-refractivity contribution in [3.63, 3.8) is 0 Å². The van der Waals surface area contributed by atoms with Gasteiger partial charge in [0.15, 0.2) is 0 Å². The van der Waals surface area contributed by atoms with Gasteiger partial charge in [-0.05, 0) is 0 Å². The molecule has 3 nitrogen and oxygen atoms in total. The fraction of sp³-hybridized carbons (Fsp3) is 0.333. The van der Waals surface area contributed by atoms with Crippen LogP contribution in [0.3, 0.4) is 0 Å². The summed E-state index contributed by atoms with van der Waals surface area (Å²) < 4.78 is 1.92. The monoisotopic (exact) mass is 249 g/mol. The molecule has 0 aliphatic rings. The summed E-state index contributed by atoms with van der Waals surface area (Å²) in [5.74, 6) is 0. The average molecular weight is 249 g/mol. The number of halogens is 1. The molecular formula is C6H8IN3. The second kappa shape index (κ2) is 3.01. The zero-order chi connectivity index (χ0) is 7.56. The standard InChI is InChI=1S/C6H8IN3/c1-7(2)10-5-6(3-8)4-9-10/h4-5H,1-2H3. The SMILES string of the molecule is CI(C)n1cc(C#N)cn1. The van der Waals surface area contributed by atoms with Crippen LogP contribution in [0.25, 0.3) is 0 Å². The molecule has 0 aromatic carbocycles. The van der Waals surface area contributed by atoms with Gasteiger partial charge >= 0.3 is 67.2 Å². The molecule has 0 aliphatic carbocycles. The second-order valence-corrected chi connectivity index (χ2v) is 7.02. The molecule has 1 heterocycles. The van der Waals surface area contributed by atoms with Gasteiger partial charge in [-0.15, -0.1) is 0 Å². The van der Waals surface area contributed by atoms with Crippen molar-refractivity contribution in [2.45, 2.75) is 0 Å². The summed E-state index contributed by atoms with van der Waals surface area (Å²) in [6.07, 6.45) is 3.42. The van der Waals surface area contributed by atoms with Crippen molar-refractivity contribution in [3.05, 3.63) is 18.0 Å². The van der Waals surface area contributed by atoms with Crippen LogP contribution in [0, 0.1) is 11.3 Å². The predicted molar refractivity (Wildman–Crippen MR) is 48.2 cm³/mol. The van der Waals surface area contributed by atoms with Gasteiger partial charge in [-0.1, -0.05) is 0 Å². The Hall–Kier alpha value is -0.570. The van der Waals surface area contributed by atoms with Gasteiger partial charge in [0.2, 0.25) is 0 Å². The van der Waals surface area contributed by atoms with Crippen LogP contribution in [0.5, 0.6) is 0 Å². The first-order chi connectivity index (χ1) is 4.74. The van der Waals surface area contributed by atoms with E-state index in [9.17, 15) is 0 Å². The van der Waals surface area contributed by atoms with Crippen LogP contribution in [0.15, 0.2) is 12.4 Å². The molecule has 0 saturated carbocycles. The molecule has 0 unspecified atom stereocenters. The van der Waals surface area contributed by atoms with Crippen molar-refractivity contribution in [3.8, 4) is 6.07 Å². The van der Waals surface area contributed by atoms with Crippen molar-refractivity contribution in [1.82, 2.24) is 7.99 Å². The molecule has 1 rings (SSSR count). The van der Waals surface area contributed by atoms with Gasteiger partial charge in [-0.2, -0.15) is 0 Å². The maximum atomic E-state index is 8.45. The minimum atomic E-state index is -1.02. The molecule has 1 aromatic rings. The van der Waals surface area contributed by atoms with Gasteiger partial charge in [0, 0.05) is 0 Å². The van der Waals surface area contributed by atoms with E-state index in [1.54, 1.807) is 6.20 Å². The molecular weight excluding hydrogens is 241 g/mol. The third-order valence-electron chi connectivity index (χ3n) is 1.03. The fourth-order valence-corrected chi connectivity index (χ4v) is 2.02. The molecule has 0 aliphatic heterocycles. The molecule has 4 heteroatoms. The number of alkyl halides is 2. The van der Waals surface area contributed by atoms with Crippen molar-refractivity contribution >= 4 is 20.1 Å². The van der Waals surface area contributed by atoms with E-state index in [0.29, 0.717) is 5.56 Å². The Bertz CT molecular complexity index is 258. The summed E-state index contributed by atoms with van der Waals surface area (Å²) in [5.41, 5.74) is 0.658. The molecule has 0 radical (unpaired) electrons. The first kappa shape index (κ1) is 7.54. The first-order valence-corrected chi connectivity index (χ1v) is 7.97. The number of hydrogen-bond donors (Lipinski definition) is 0. The van der Waals surface area contributed by atoms with E-state index in [0.717, 1.165) is 0 Å². The Labute approximate surface area is 67.4 Å². The van der Waals surface area contributed by atoms with Crippen LogP contribution in [0.4, 0.5) is 0 Å². The molecule has 0 saturated heterocycles. The summed E-state index contributed by atoms with van der Waals surface area (Å²) in [7, 11) is 0. The predicted octanol–water partition coefficient (Wildman–Crippen LogP) is 1.28. The van der Waals surface area contributed by atoms with Crippen molar-refractivity contribution in [2.24, 2.45) is 0 Å². The summed E-state index contributed by atoms with van der Waals surface area (Å²) in [4.78, 5) is 4.36. The van der Waals surface area contributed by atoms with E-state index in [1.165, 1.54) is 0 Å². The normalized spacial score (nSPS) is 10.7. The Morgan fingerprint density at radius 3 is 2.70 bits per heavy atom. The van der Waals surface area contributed by atoms with Crippen molar-refractivity contribution in [1.29, 1.82) is 5.26 Å². The first-order valence-electron chi connectivity index (χ1n) is 2.69. The minimum absolute atomic E-state index is 0.658. The molecule has 0 N–H and O–H groups in total. The van der Waals surface area contributed by atoms with Crippen LogP contribution >= 0.6 is 20.1 Å².